The maximum absolute atomic E-state index is 13.4. The number of carbonyl (C=O) groups is 5. The molecule has 1 N–H and O–H groups in total. The van der Waals surface area contributed by atoms with Gasteiger partial charge in [-0.25, -0.2) is 0 Å². The molecule has 0 spiro atoms. The molecule has 0 saturated carbocycles. The van der Waals surface area contributed by atoms with Crippen molar-refractivity contribution >= 4 is 46.2 Å². The van der Waals surface area contributed by atoms with Gasteiger partial charge in [-0.15, -0.1) is 0 Å². The van der Waals surface area contributed by atoms with Crippen molar-refractivity contribution in [2.24, 2.45) is 0 Å². The van der Waals surface area contributed by atoms with Crippen molar-refractivity contribution in [1.29, 1.82) is 0 Å². The normalized spacial score (nSPS) is 12.5. The first-order valence-electron chi connectivity index (χ1n) is 15.3. The number of hydrogen-bond donors (Lipinski definition) is 1. The van der Waals surface area contributed by atoms with E-state index in [9.17, 15) is 24.0 Å². The van der Waals surface area contributed by atoms with E-state index < -0.39 is 11.9 Å². The van der Waals surface area contributed by atoms with E-state index in [2.05, 4.69) is 5.32 Å². The highest BCUT2D eigenvalue weighted by Gasteiger charge is 2.33. The number of esters is 3. The summed E-state index contributed by atoms with van der Waals surface area (Å²) in [6, 6.07) is 9.05. The van der Waals surface area contributed by atoms with Crippen LogP contribution < -0.4 is 10.2 Å². The first-order chi connectivity index (χ1) is 21.2. The van der Waals surface area contributed by atoms with Gasteiger partial charge in [0.05, 0.1) is 39.5 Å². The van der Waals surface area contributed by atoms with E-state index in [0.29, 0.717) is 49.2 Å². The number of carbonyl (C=O) groups excluding carboxylic acids is 5. The minimum absolute atomic E-state index is 0.0416. The highest BCUT2D eigenvalue weighted by molar-refractivity contribution is 6.26. The number of nitrogens with zero attached hydrogens (tertiary/aromatic N) is 3. The smallest absolute Gasteiger partial charge is 0.320 e. The van der Waals surface area contributed by atoms with Crippen LogP contribution in [0.2, 0.25) is 0 Å². The lowest BCUT2D eigenvalue weighted by Crippen LogP contribution is -2.43. The number of imide groups is 1. The summed E-state index contributed by atoms with van der Waals surface area (Å²) in [6.07, 6.45) is 1.58. The second kappa shape index (κ2) is 17.3. The number of anilines is 1. The van der Waals surface area contributed by atoms with Crippen LogP contribution in [0.5, 0.6) is 0 Å². The van der Waals surface area contributed by atoms with Gasteiger partial charge in [-0.1, -0.05) is 25.5 Å². The van der Waals surface area contributed by atoms with Crippen LogP contribution in [0.15, 0.2) is 30.3 Å². The molecule has 240 valence electrons. The summed E-state index contributed by atoms with van der Waals surface area (Å²) in [5.41, 5.74) is 1.72. The lowest BCUT2D eigenvalue weighted by atomic mass is 9.92. The van der Waals surface area contributed by atoms with Crippen LogP contribution in [0.25, 0.3) is 10.8 Å². The molecular weight excluding hydrogens is 568 g/mol. The SMILES string of the molecule is CCCCN1C(=O)c2cccc3c(N(CCNCC(=O)OCC)CCN(CC(=O)OCC)CC(=O)OCC)ccc(c23)C1=O. The third-order valence-corrected chi connectivity index (χ3v) is 7.18. The van der Waals surface area contributed by atoms with Gasteiger partial charge in [-0.3, -0.25) is 33.8 Å². The fourth-order valence-electron chi connectivity index (χ4n) is 5.15. The Balaban J connectivity index is 1.94. The summed E-state index contributed by atoms with van der Waals surface area (Å²) in [7, 11) is 0. The fourth-order valence-corrected chi connectivity index (χ4v) is 5.15. The number of unbranched alkanes of at least 4 members (excludes halogenated alkanes) is 1. The lowest BCUT2D eigenvalue weighted by molar-refractivity contribution is -0.148. The van der Waals surface area contributed by atoms with Crippen molar-refractivity contribution in [2.45, 2.75) is 40.5 Å². The molecule has 1 aliphatic heterocycles. The standard InChI is InChI=1S/C32H44N4O8/c1-5-9-16-36-31(40)24-12-10-11-23-26(14-13-25(30(23)24)32(36)41)35(17-15-33-20-27(37)42-6-2)19-18-34(21-28(38)43-7-3)22-29(39)44-8-4/h10-14,33H,5-9,15-22H2,1-4H3. The zero-order chi connectivity index (χ0) is 32.1. The Labute approximate surface area is 258 Å². The minimum atomic E-state index is -0.453. The minimum Gasteiger partial charge on any atom is -0.465 e. The summed E-state index contributed by atoms with van der Waals surface area (Å²) in [5.74, 6) is -1.88. The van der Waals surface area contributed by atoms with E-state index in [0.717, 1.165) is 23.9 Å². The molecule has 12 heteroatoms. The summed E-state index contributed by atoms with van der Waals surface area (Å²) in [4.78, 5) is 68.3. The molecule has 0 unspecified atom stereocenters. The van der Waals surface area contributed by atoms with E-state index in [1.807, 2.05) is 30.0 Å². The van der Waals surface area contributed by atoms with Crippen LogP contribution in [-0.4, -0.2) is 112 Å². The van der Waals surface area contributed by atoms with E-state index >= 15 is 0 Å². The zero-order valence-electron chi connectivity index (χ0n) is 26.2. The fraction of sp³-hybridized carbons (Fsp3) is 0.531. The van der Waals surface area contributed by atoms with Gasteiger partial charge in [0.25, 0.3) is 11.8 Å². The molecule has 0 bridgehead atoms. The van der Waals surface area contributed by atoms with E-state index in [-0.39, 0.29) is 57.2 Å². The van der Waals surface area contributed by atoms with Crippen LogP contribution >= 0.6 is 0 Å². The van der Waals surface area contributed by atoms with Crippen molar-refractivity contribution in [2.75, 3.05) is 77.1 Å². The topological polar surface area (TPSA) is 135 Å². The highest BCUT2D eigenvalue weighted by Crippen LogP contribution is 2.36. The Morgan fingerprint density at radius 3 is 2.00 bits per heavy atom. The summed E-state index contributed by atoms with van der Waals surface area (Å²) in [6.45, 7) is 9.67. The van der Waals surface area contributed by atoms with Gasteiger partial charge in [-0.2, -0.15) is 0 Å². The Bertz CT molecular complexity index is 1290. The van der Waals surface area contributed by atoms with Gasteiger partial charge in [-0.05, 0) is 45.4 Å². The molecule has 0 fully saturated rings. The number of ether oxygens (including phenoxy) is 3. The molecule has 0 saturated heterocycles. The molecule has 3 rings (SSSR count). The highest BCUT2D eigenvalue weighted by atomic mass is 16.5. The third-order valence-electron chi connectivity index (χ3n) is 7.18. The van der Waals surface area contributed by atoms with Crippen molar-refractivity contribution in [1.82, 2.24) is 15.1 Å². The van der Waals surface area contributed by atoms with E-state index in [1.165, 1.54) is 4.90 Å². The predicted octanol–water partition coefficient (Wildman–Crippen LogP) is 2.62. The van der Waals surface area contributed by atoms with Crippen LogP contribution in [0.1, 0.15) is 61.3 Å². The number of benzene rings is 2. The van der Waals surface area contributed by atoms with Gasteiger partial charge in [0.2, 0.25) is 0 Å². The predicted molar refractivity (Wildman–Crippen MR) is 166 cm³/mol. The second-order valence-corrected chi connectivity index (χ2v) is 10.3. The van der Waals surface area contributed by atoms with Gasteiger partial charge < -0.3 is 24.4 Å². The van der Waals surface area contributed by atoms with Gasteiger partial charge in [0.1, 0.15) is 0 Å². The van der Waals surface area contributed by atoms with Gasteiger partial charge in [0.15, 0.2) is 0 Å². The summed E-state index contributed by atoms with van der Waals surface area (Å²) < 4.78 is 15.2. The first kappa shape index (κ1) is 34.5. The molecule has 1 heterocycles. The van der Waals surface area contributed by atoms with Crippen molar-refractivity contribution in [3.8, 4) is 0 Å². The molecule has 0 aliphatic carbocycles. The quantitative estimate of drug-likeness (QED) is 0.109. The number of rotatable bonds is 19. The first-order valence-corrected chi connectivity index (χ1v) is 15.3. The Morgan fingerprint density at radius 2 is 1.39 bits per heavy atom. The van der Waals surface area contributed by atoms with Crippen LogP contribution in [0, 0.1) is 0 Å². The molecule has 1 aliphatic rings. The Hall–Kier alpha value is -4.03. The van der Waals surface area contributed by atoms with Gasteiger partial charge in [0, 0.05) is 60.3 Å². The molecular formula is C32H44N4O8. The molecule has 2 amide bonds. The summed E-state index contributed by atoms with van der Waals surface area (Å²) >= 11 is 0. The second-order valence-electron chi connectivity index (χ2n) is 10.3. The largest absolute Gasteiger partial charge is 0.465 e. The van der Waals surface area contributed by atoms with Crippen LogP contribution in [0.4, 0.5) is 5.69 Å². The number of amides is 2. The van der Waals surface area contributed by atoms with Crippen LogP contribution in [-0.2, 0) is 28.6 Å². The molecule has 2 aromatic rings. The molecule has 44 heavy (non-hydrogen) atoms. The zero-order valence-corrected chi connectivity index (χ0v) is 26.2. The van der Waals surface area contributed by atoms with E-state index in [4.69, 9.17) is 14.2 Å². The maximum Gasteiger partial charge on any atom is 0.320 e. The van der Waals surface area contributed by atoms with Crippen molar-refractivity contribution < 1.29 is 38.2 Å². The van der Waals surface area contributed by atoms with Gasteiger partial charge >= 0.3 is 17.9 Å². The van der Waals surface area contributed by atoms with Crippen molar-refractivity contribution in [3.63, 3.8) is 0 Å². The average molecular weight is 613 g/mol. The average Bonchev–Trinajstić information content (AvgIpc) is 2.99. The molecule has 0 radical (unpaired) electrons. The summed E-state index contributed by atoms with van der Waals surface area (Å²) in [5, 5.41) is 4.44. The maximum atomic E-state index is 13.4. The molecule has 2 aromatic carbocycles. The van der Waals surface area contributed by atoms with Crippen molar-refractivity contribution in [3.05, 3.63) is 41.5 Å². The Morgan fingerprint density at radius 1 is 0.773 bits per heavy atom. The number of hydrogen-bond acceptors (Lipinski definition) is 11. The molecule has 0 aromatic heterocycles. The Kier molecular flexibility index (Phi) is 13.6. The molecule has 0 atom stereocenters. The molecule has 12 nitrogen and oxygen atoms in total. The van der Waals surface area contributed by atoms with Crippen LogP contribution in [0.3, 0.4) is 0 Å². The number of nitrogens with one attached hydrogen (secondary N) is 1. The van der Waals surface area contributed by atoms with E-state index in [1.54, 1.807) is 37.8 Å². The third kappa shape index (κ3) is 8.99. The monoisotopic (exact) mass is 612 g/mol. The lowest BCUT2D eigenvalue weighted by Gasteiger charge is -2.32.